The van der Waals surface area contributed by atoms with Crippen LogP contribution in [0.2, 0.25) is 0 Å². The van der Waals surface area contributed by atoms with Gasteiger partial charge in [-0.3, -0.25) is 0 Å². The quantitative estimate of drug-likeness (QED) is 0.167. The summed E-state index contributed by atoms with van der Waals surface area (Å²) >= 11 is 1.86. The van der Waals surface area contributed by atoms with Crippen molar-refractivity contribution in [3.63, 3.8) is 0 Å². The first-order valence-corrected chi connectivity index (χ1v) is 19.3. The highest BCUT2D eigenvalue weighted by Crippen LogP contribution is 2.48. The average molecular weight is 703 g/mol. The average Bonchev–Trinajstić information content (AvgIpc) is 3.81. The van der Waals surface area contributed by atoms with Crippen LogP contribution in [0.1, 0.15) is 0 Å². The van der Waals surface area contributed by atoms with E-state index in [9.17, 15) is 0 Å². The minimum Gasteiger partial charge on any atom is -0.455 e. The molecule has 0 bridgehead atoms. The minimum absolute atomic E-state index is 0.935. The van der Waals surface area contributed by atoms with Crippen molar-refractivity contribution in [2.24, 2.45) is 0 Å². The molecule has 2 heteroatoms. The van der Waals surface area contributed by atoms with Crippen molar-refractivity contribution in [3.8, 4) is 33.4 Å². The van der Waals surface area contributed by atoms with Gasteiger partial charge >= 0.3 is 0 Å². The fourth-order valence-corrected chi connectivity index (χ4v) is 10.3. The number of rotatable bonds is 3. The van der Waals surface area contributed by atoms with E-state index in [1.807, 2.05) is 11.3 Å². The van der Waals surface area contributed by atoms with E-state index in [-0.39, 0.29) is 0 Å². The number of thiophene rings is 1. The molecular weight excluding hydrogens is 673 g/mol. The van der Waals surface area contributed by atoms with Gasteiger partial charge in [-0.25, -0.2) is 0 Å². The van der Waals surface area contributed by atoms with Gasteiger partial charge in [0, 0.05) is 36.3 Å². The van der Waals surface area contributed by atoms with Crippen LogP contribution in [0.5, 0.6) is 0 Å². The molecule has 0 atom stereocenters. The number of fused-ring (bicyclic) bond motifs is 12. The van der Waals surface area contributed by atoms with Gasteiger partial charge in [0.15, 0.2) is 0 Å². The summed E-state index contributed by atoms with van der Waals surface area (Å²) in [5, 5.41) is 14.8. The summed E-state index contributed by atoms with van der Waals surface area (Å²) in [6, 6.07) is 66.7. The van der Waals surface area contributed by atoms with E-state index in [2.05, 4.69) is 182 Å². The van der Waals surface area contributed by atoms with E-state index in [0.29, 0.717) is 0 Å². The largest absolute Gasteiger partial charge is 0.455 e. The van der Waals surface area contributed by atoms with Crippen LogP contribution < -0.4 is 0 Å². The Balaban J connectivity index is 1.12. The Kier molecular flexibility index (Phi) is 6.28. The molecule has 0 radical (unpaired) electrons. The lowest BCUT2D eigenvalue weighted by Crippen LogP contribution is -1.91. The first-order chi connectivity index (χ1) is 26.8. The van der Waals surface area contributed by atoms with E-state index >= 15 is 0 Å². The van der Waals surface area contributed by atoms with Crippen LogP contribution in [-0.4, -0.2) is 0 Å². The summed E-state index contributed by atoms with van der Waals surface area (Å²) < 4.78 is 9.31. The van der Waals surface area contributed by atoms with Crippen LogP contribution in [0.3, 0.4) is 0 Å². The molecule has 54 heavy (non-hydrogen) atoms. The van der Waals surface area contributed by atoms with Crippen molar-refractivity contribution in [1.82, 2.24) is 0 Å². The van der Waals surface area contributed by atoms with Crippen LogP contribution in [0, 0.1) is 0 Å². The zero-order valence-corrected chi connectivity index (χ0v) is 30.0. The van der Waals surface area contributed by atoms with E-state index in [0.717, 1.165) is 21.9 Å². The number of benzene rings is 10. The summed E-state index contributed by atoms with van der Waals surface area (Å²) in [5.41, 5.74) is 9.27. The Morgan fingerprint density at radius 1 is 0.352 bits per heavy atom. The molecule has 1 nitrogen and oxygen atoms in total. The predicted octanol–water partition coefficient (Wildman–Crippen LogP) is 15.6. The maximum Gasteiger partial charge on any atom is 0.143 e. The summed E-state index contributed by atoms with van der Waals surface area (Å²) in [4.78, 5) is 0. The minimum atomic E-state index is 0.935. The lowest BCUT2D eigenvalue weighted by molar-refractivity contribution is 0.673. The van der Waals surface area contributed by atoms with Gasteiger partial charge in [0.1, 0.15) is 11.2 Å². The molecule has 0 saturated heterocycles. The Morgan fingerprint density at radius 3 is 1.69 bits per heavy atom. The van der Waals surface area contributed by atoms with Gasteiger partial charge in [0.05, 0.1) is 0 Å². The molecule has 0 N–H and O–H groups in total. The topological polar surface area (TPSA) is 13.1 Å². The standard InChI is InChI=1S/C52H30OS/c1-2-13-32-28-35(25-24-31(32)12-1)49-40-20-6-4-18-38(40)48(39-19-5-7-21-41(39)49)34-15-11-14-33(29-34)44-30-45-50-46(53-51(45)42-22-8-3-16-36(42)44)27-26-43-37-17-9-10-23-47(37)54-52(43)50/h1-30H. The van der Waals surface area contributed by atoms with Crippen molar-refractivity contribution < 1.29 is 4.42 Å². The molecular formula is C52H30OS. The molecule has 12 aromatic rings. The van der Waals surface area contributed by atoms with Gasteiger partial charge < -0.3 is 4.42 Å². The highest BCUT2D eigenvalue weighted by Gasteiger charge is 2.20. The molecule has 0 aliphatic rings. The molecule has 0 aliphatic carbocycles. The van der Waals surface area contributed by atoms with Crippen molar-refractivity contribution in [1.29, 1.82) is 0 Å². The van der Waals surface area contributed by atoms with Crippen LogP contribution in [0.15, 0.2) is 186 Å². The van der Waals surface area contributed by atoms with Crippen molar-refractivity contribution in [2.45, 2.75) is 0 Å². The van der Waals surface area contributed by atoms with Crippen LogP contribution in [0.25, 0.3) is 119 Å². The highest BCUT2D eigenvalue weighted by molar-refractivity contribution is 7.26. The maximum absolute atomic E-state index is 6.73. The second-order valence-corrected chi connectivity index (χ2v) is 15.4. The molecule has 12 rings (SSSR count). The van der Waals surface area contributed by atoms with Gasteiger partial charge in [-0.05, 0) is 107 Å². The third-order valence-corrected chi connectivity index (χ3v) is 12.6. The van der Waals surface area contributed by atoms with Gasteiger partial charge in [-0.1, -0.05) is 146 Å². The molecule has 10 aromatic carbocycles. The summed E-state index contributed by atoms with van der Waals surface area (Å²) in [6.07, 6.45) is 0. The number of furan rings is 1. The second-order valence-electron chi connectivity index (χ2n) is 14.3. The summed E-state index contributed by atoms with van der Waals surface area (Å²) in [5.74, 6) is 0. The Hall–Kier alpha value is -6.74. The van der Waals surface area contributed by atoms with Crippen LogP contribution in [0.4, 0.5) is 0 Å². The molecule has 0 spiro atoms. The monoisotopic (exact) mass is 702 g/mol. The molecule has 250 valence electrons. The zero-order chi connectivity index (χ0) is 35.3. The van der Waals surface area contributed by atoms with Gasteiger partial charge in [0.2, 0.25) is 0 Å². The fraction of sp³-hybridized carbons (Fsp3) is 0. The lowest BCUT2D eigenvalue weighted by Gasteiger charge is -2.18. The molecule has 0 amide bonds. The number of hydrogen-bond donors (Lipinski definition) is 0. The van der Waals surface area contributed by atoms with Crippen molar-refractivity contribution in [3.05, 3.63) is 182 Å². The molecule has 2 heterocycles. The molecule has 0 saturated carbocycles. The number of hydrogen-bond acceptors (Lipinski definition) is 2. The van der Waals surface area contributed by atoms with Crippen molar-refractivity contribution >= 4 is 96.5 Å². The normalized spacial score (nSPS) is 12.1. The first kappa shape index (κ1) is 29.8. The predicted molar refractivity (Wildman–Crippen MR) is 233 cm³/mol. The maximum atomic E-state index is 6.73. The third-order valence-electron chi connectivity index (χ3n) is 11.4. The third kappa shape index (κ3) is 4.26. The van der Waals surface area contributed by atoms with Gasteiger partial charge in [0.25, 0.3) is 0 Å². The molecule has 0 aliphatic heterocycles. The lowest BCUT2D eigenvalue weighted by atomic mass is 9.85. The molecule has 0 unspecified atom stereocenters. The van der Waals surface area contributed by atoms with Crippen LogP contribution in [-0.2, 0) is 0 Å². The van der Waals surface area contributed by atoms with E-state index in [1.165, 1.54) is 96.6 Å². The fourth-order valence-electron chi connectivity index (χ4n) is 9.04. The van der Waals surface area contributed by atoms with Crippen molar-refractivity contribution in [2.75, 3.05) is 0 Å². The summed E-state index contributed by atoms with van der Waals surface area (Å²) in [7, 11) is 0. The SMILES string of the molecule is c1cc(-c2c3ccccc3c(-c3ccc4ccccc4c3)c3ccccc23)cc(-c2cc3c(oc4ccc5c6ccccc6sc5c43)c3ccccc23)c1. The molecule has 2 aromatic heterocycles. The van der Waals surface area contributed by atoms with E-state index in [4.69, 9.17) is 4.42 Å². The Bertz CT molecular complexity index is 3450. The Morgan fingerprint density at radius 2 is 0.944 bits per heavy atom. The smallest absolute Gasteiger partial charge is 0.143 e. The van der Waals surface area contributed by atoms with Gasteiger partial charge in [-0.15, -0.1) is 11.3 Å². The highest BCUT2D eigenvalue weighted by atomic mass is 32.1. The van der Waals surface area contributed by atoms with Crippen LogP contribution >= 0.6 is 11.3 Å². The first-order valence-electron chi connectivity index (χ1n) is 18.5. The second kappa shape index (κ2) is 11.4. The van der Waals surface area contributed by atoms with E-state index in [1.54, 1.807) is 0 Å². The van der Waals surface area contributed by atoms with E-state index < -0.39 is 0 Å². The zero-order valence-electron chi connectivity index (χ0n) is 29.1. The molecule has 0 fully saturated rings. The van der Waals surface area contributed by atoms with Gasteiger partial charge in [-0.2, -0.15) is 0 Å². The summed E-state index contributed by atoms with van der Waals surface area (Å²) in [6.45, 7) is 0. The Labute approximate surface area is 314 Å².